The van der Waals surface area contributed by atoms with Gasteiger partial charge in [0.05, 0.1) is 17.3 Å². The second-order valence-electron chi connectivity index (χ2n) is 7.82. The maximum Gasteiger partial charge on any atom is 0.274 e. The molecule has 2 aliphatic rings. The number of H-pyrrole nitrogens is 1. The molecule has 8 heteroatoms. The molecular weight excluding hydrogens is 342 g/mol. The molecule has 3 aromatic heterocycles. The molecule has 3 aromatic rings. The number of aromatic amines is 1. The van der Waals surface area contributed by atoms with Gasteiger partial charge in [-0.3, -0.25) is 9.78 Å². The lowest BCUT2D eigenvalue weighted by molar-refractivity contribution is -0.0543. The number of fused-ring (bicyclic) bond motifs is 1. The van der Waals surface area contributed by atoms with Crippen LogP contribution >= 0.6 is 0 Å². The van der Waals surface area contributed by atoms with E-state index in [-0.39, 0.29) is 11.3 Å². The van der Waals surface area contributed by atoms with Crippen LogP contribution in [0.25, 0.3) is 11.0 Å². The van der Waals surface area contributed by atoms with Crippen LogP contribution in [0.1, 0.15) is 29.0 Å². The van der Waals surface area contributed by atoms with Gasteiger partial charge in [-0.1, -0.05) is 0 Å². The highest BCUT2D eigenvalue weighted by Gasteiger charge is 2.55. The summed E-state index contributed by atoms with van der Waals surface area (Å²) in [5, 5.41) is 1.05. The van der Waals surface area contributed by atoms with Gasteiger partial charge >= 0.3 is 0 Å². The quantitative estimate of drug-likeness (QED) is 0.763. The van der Waals surface area contributed by atoms with Crippen LogP contribution in [-0.4, -0.2) is 61.9 Å². The number of anilines is 1. The van der Waals surface area contributed by atoms with E-state index < -0.39 is 0 Å². The smallest absolute Gasteiger partial charge is 0.274 e. The Kier molecular flexibility index (Phi) is 3.43. The molecule has 5 rings (SSSR count). The Hall–Kier alpha value is -3.03. The van der Waals surface area contributed by atoms with Crippen molar-refractivity contribution in [2.75, 3.05) is 25.0 Å². The summed E-state index contributed by atoms with van der Waals surface area (Å²) < 4.78 is 0. The molecule has 0 atom stereocenters. The monoisotopic (exact) mass is 363 g/mol. The Labute approximate surface area is 156 Å². The minimum atomic E-state index is -0.0153. The van der Waals surface area contributed by atoms with E-state index >= 15 is 0 Å². The fraction of sp³-hybridized carbons (Fsp3) is 0.421. The van der Waals surface area contributed by atoms with Crippen molar-refractivity contribution in [3.05, 3.63) is 42.4 Å². The Morgan fingerprint density at radius 3 is 2.89 bits per heavy atom. The van der Waals surface area contributed by atoms with Crippen LogP contribution in [0.3, 0.4) is 0 Å². The van der Waals surface area contributed by atoms with E-state index in [2.05, 4.69) is 36.9 Å². The van der Waals surface area contributed by atoms with Crippen molar-refractivity contribution >= 4 is 22.8 Å². The molecule has 8 nitrogen and oxygen atoms in total. The van der Waals surface area contributed by atoms with Crippen molar-refractivity contribution in [1.29, 1.82) is 0 Å². The number of nitrogens with one attached hydrogen (secondary N) is 1. The summed E-state index contributed by atoms with van der Waals surface area (Å²) in [7, 11) is 2.09. The van der Waals surface area contributed by atoms with Gasteiger partial charge in [0.15, 0.2) is 0 Å². The number of carbonyl (C=O) groups excluding carboxylic acids is 1. The zero-order valence-electron chi connectivity index (χ0n) is 15.4. The molecule has 1 N–H and O–H groups in total. The number of nitrogens with zero attached hydrogens (tertiary/aromatic N) is 6. The first-order valence-corrected chi connectivity index (χ1v) is 9.14. The molecular formula is C19H21N7O. The van der Waals surface area contributed by atoms with Gasteiger partial charge in [0.25, 0.3) is 5.91 Å². The minimum Gasteiger partial charge on any atom is -0.356 e. The molecule has 1 amide bonds. The van der Waals surface area contributed by atoms with E-state index in [4.69, 9.17) is 0 Å². The predicted molar refractivity (Wildman–Crippen MR) is 100 cm³/mol. The van der Waals surface area contributed by atoms with Gasteiger partial charge < -0.3 is 14.8 Å². The average Bonchev–Trinajstić information content (AvgIpc) is 3.07. The molecule has 0 aromatic carbocycles. The van der Waals surface area contributed by atoms with Crippen molar-refractivity contribution in [2.45, 2.75) is 25.8 Å². The van der Waals surface area contributed by atoms with Crippen molar-refractivity contribution in [3.8, 4) is 0 Å². The van der Waals surface area contributed by atoms with Gasteiger partial charge in [0, 0.05) is 44.0 Å². The summed E-state index contributed by atoms with van der Waals surface area (Å²) in [6.07, 6.45) is 8.85. The van der Waals surface area contributed by atoms with Gasteiger partial charge in [-0.15, -0.1) is 0 Å². The van der Waals surface area contributed by atoms with E-state index in [1.807, 2.05) is 24.1 Å². The zero-order valence-corrected chi connectivity index (χ0v) is 15.4. The number of aromatic nitrogens is 5. The van der Waals surface area contributed by atoms with Crippen LogP contribution in [-0.2, 0) is 0 Å². The minimum absolute atomic E-state index is 0.0153. The third-order valence-electron chi connectivity index (χ3n) is 5.87. The molecule has 2 fully saturated rings. The van der Waals surface area contributed by atoms with Crippen LogP contribution in [0.4, 0.5) is 5.82 Å². The topological polar surface area (TPSA) is 90.9 Å². The summed E-state index contributed by atoms with van der Waals surface area (Å²) in [6, 6.07) is 2.46. The van der Waals surface area contributed by atoms with Crippen molar-refractivity contribution < 1.29 is 4.79 Å². The van der Waals surface area contributed by atoms with Crippen LogP contribution in [0, 0.1) is 12.3 Å². The second kappa shape index (κ2) is 5.73. The van der Waals surface area contributed by atoms with E-state index in [9.17, 15) is 4.79 Å². The number of amides is 1. The fourth-order valence-corrected chi connectivity index (χ4v) is 4.42. The summed E-state index contributed by atoms with van der Waals surface area (Å²) >= 11 is 0. The van der Waals surface area contributed by atoms with Crippen LogP contribution < -0.4 is 4.90 Å². The standard InChI is InChI=1S/C19H21N7O/c1-12-7-20-8-15(24-12)18(27)26-9-19(10-26)5-13(6-19)25(2)17-14-3-4-21-16(14)22-11-23-17/h3-4,7-8,11,13H,5-6,9-10H2,1-2H3,(H,21,22,23). The Morgan fingerprint density at radius 2 is 2.11 bits per heavy atom. The third-order valence-corrected chi connectivity index (χ3v) is 5.87. The lowest BCUT2D eigenvalue weighted by Crippen LogP contribution is -2.67. The largest absolute Gasteiger partial charge is 0.356 e. The lowest BCUT2D eigenvalue weighted by Gasteiger charge is -2.60. The van der Waals surface area contributed by atoms with Gasteiger partial charge in [-0.2, -0.15) is 0 Å². The summed E-state index contributed by atoms with van der Waals surface area (Å²) in [5.41, 5.74) is 2.31. The Morgan fingerprint density at radius 1 is 1.30 bits per heavy atom. The maximum absolute atomic E-state index is 12.6. The van der Waals surface area contributed by atoms with E-state index in [0.29, 0.717) is 11.7 Å². The van der Waals surface area contributed by atoms with Gasteiger partial charge in [0.2, 0.25) is 0 Å². The summed E-state index contributed by atoms with van der Waals surface area (Å²) in [5.74, 6) is 0.946. The first-order chi connectivity index (χ1) is 13.0. The third kappa shape index (κ3) is 2.55. The van der Waals surface area contributed by atoms with Crippen LogP contribution in [0.2, 0.25) is 0 Å². The molecule has 138 valence electrons. The van der Waals surface area contributed by atoms with E-state index in [1.165, 1.54) is 0 Å². The molecule has 0 bridgehead atoms. The average molecular weight is 363 g/mol. The van der Waals surface area contributed by atoms with Gasteiger partial charge in [-0.05, 0) is 25.8 Å². The van der Waals surface area contributed by atoms with Gasteiger partial charge in [0.1, 0.15) is 23.5 Å². The highest BCUT2D eigenvalue weighted by Crippen LogP contribution is 2.51. The molecule has 27 heavy (non-hydrogen) atoms. The number of carbonyl (C=O) groups is 1. The SMILES string of the molecule is Cc1cncc(C(=O)N2CC3(CC(N(C)c4ncnc5[nH]ccc45)C3)C2)n1. The summed E-state index contributed by atoms with van der Waals surface area (Å²) in [4.78, 5) is 36.9. The Balaban J connectivity index is 1.23. The molecule has 1 aliphatic heterocycles. The second-order valence-corrected chi connectivity index (χ2v) is 7.82. The summed E-state index contributed by atoms with van der Waals surface area (Å²) in [6.45, 7) is 3.45. The maximum atomic E-state index is 12.6. The van der Waals surface area contributed by atoms with Crippen LogP contribution in [0.5, 0.6) is 0 Å². The molecule has 1 aliphatic carbocycles. The van der Waals surface area contributed by atoms with E-state index in [0.717, 1.165) is 48.5 Å². The highest BCUT2D eigenvalue weighted by atomic mass is 16.2. The van der Waals surface area contributed by atoms with Crippen molar-refractivity contribution in [2.24, 2.45) is 5.41 Å². The molecule has 1 saturated heterocycles. The molecule has 0 radical (unpaired) electrons. The lowest BCUT2D eigenvalue weighted by atomic mass is 9.60. The van der Waals surface area contributed by atoms with Gasteiger partial charge in [-0.25, -0.2) is 15.0 Å². The van der Waals surface area contributed by atoms with Crippen LogP contribution in [0.15, 0.2) is 31.0 Å². The Bertz CT molecular complexity index is 1020. The number of hydrogen-bond acceptors (Lipinski definition) is 6. The number of aryl methyl sites for hydroxylation is 1. The van der Waals surface area contributed by atoms with Crippen molar-refractivity contribution in [1.82, 2.24) is 29.8 Å². The fourth-order valence-electron chi connectivity index (χ4n) is 4.42. The molecule has 1 spiro atoms. The predicted octanol–water partition coefficient (Wildman–Crippen LogP) is 1.80. The first kappa shape index (κ1) is 16.2. The normalized spacial score (nSPS) is 18.4. The zero-order chi connectivity index (χ0) is 18.6. The number of hydrogen-bond donors (Lipinski definition) is 1. The molecule has 0 unspecified atom stereocenters. The molecule has 4 heterocycles. The molecule has 1 saturated carbocycles. The first-order valence-electron chi connectivity index (χ1n) is 9.14. The van der Waals surface area contributed by atoms with E-state index in [1.54, 1.807) is 18.7 Å². The highest BCUT2D eigenvalue weighted by molar-refractivity contribution is 5.92. The number of likely N-dealkylation sites (tertiary alicyclic amines) is 1. The van der Waals surface area contributed by atoms with Crippen molar-refractivity contribution in [3.63, 3.8) is 0 Å². The number of rotatable bonds is 3.